The van der Waals surface area contributed by atoms with Gasteiger partial charge in [0.05, 0.1) is 16.4 Å². The van der Waals surface area contributed by atoms with Crippen LogP contribution >= 0.6 is 11.6 Å². The SMILES string of the molecule is Nc1cc(Cl)c(F)cc1N1CCCC2CCCC21. The highest BCUT2D eigenvalue weighted by molar-refractivity contribution is 6.31. The number of benzene rings is 1. The van der Waals surface area contributed by atoms with E-state index in [1.807, 2.05) is 0 Å². The second-order valence-corrected chi connectivity index (χ2v) is 5.83. The number of hydrogen-bond acceptors (Lipinski definition) is 2. The highest BCUT2D eigenvalue weighted by Crippen LogP contribution is 2.41. The lowest BCUT2D eigenvalue weighted by Gasteiger charge is -2.40. The third-order valence-electron chi connectivity index (χ3n) is 4.37. The highest BCUT2D eigenvalue weighted by Gasteiger charge is 2.35. The van der Waals surface area contributed by atoms with E-state index in [0.717, 1.165) is 18.2 Å². The number of nitrogens with two attached hydrogens (primary N) is 1. The number of nitrogen functional groups attached to an aromatic ring is 1. The summed E-state index contributed by atoms with van der Waals surface area (Å²) in [7, 11) is 0. The molecule has 2 unspecified atom stereocenters. The summed E-state index contributed by atoms with van der Waals surface area (Å²) >= 11 is 5.76. The zero-order chi connectivity index (χ0) is 12.7. The van der Waals surface area contributed by atoms with Crippen LogP contribution in [-0.4, -0.2) is 12.6 Å². The fourth-order valence-electron chi connectivity index (χ4n) is 3.55. The van der Waals surface area contributed by atoms with Crippen molar-refractivity contribution in [1.82, 2.24) is 0 Å². The molecule has 2 nitrogen and oxygen atoms in total. The number of fused-ring (bicyclic) bond motifs is 1. The first-order valence-corrected chi connectivity index (χ1v) is 7.06. The molecule has 0 radical (unpaired) electrons. The minimum absolute atomic E-state index is 0.108. The van der Waals surface area contributed by atoms with Crippen molar-refractivity contribution in [3.63, 3.8) is 0 Å². The maximum absolute atomic E-state index is 13.6. The number of rotatable bonds is 1. The van der Waals surface area contributed by atoms with Crippen LogP contribution in [0.5, 0.6) is 0 Å². The standard InChI is InChI=1S/C14H18ClFN2/c15-10-7-12(17)14(8-11(10)16)18-6-2-4-9-3-1-5-13(9)18/h7-9,13H,1-6,17H2. The van der Waals surface area contributed by atoms with Gasteiger partial charge in [0.1, 0.15) is 5.82 Å². The van der Waals surface area contributed by atoms with Crippen molar-refractivity contribution in [2.45, 2.75) is 38.1 Å². The van der Waals surface area contributed by atoms with Gasteiger partial charge in [-0.1, -0.05) is 18.0 Å². The molecule has 0 bridgehead atoms. The molecule has 1 aromatic carbocycles. The summed E-state index contributed by atoms with van der Waals surface area (Å²) in [5, 5.41) is 0.108. The molecule has 2 atom stereocenters. The molecule has 2 aliphatic rings. The van der Waals surface area contributed by atoms with E-state index in [4.69, 9.17) is 17.3 Å². The Balaban J connectivity index is 1.96. The Hall–Kier alpha value is -0.960. The van der Waals surface area contributed by atoms with Gasteiger partial charge in [0.25, 0.3) is 0 Å². The van der Waals surface area contributed by atoms with E-state index in [0.29, 0.717) is 11.7 Å². The Morgan fingerprint density at radius 2 is 2.00 bits per heavy atom. The highest BCUT2D eigenvalue weighted by atomic mass is 35.5. The van der Waals surface area contributed by atoms with Crippen LogP contribution in [0.2, 0.25) is 5.02 Å². The van der Waals surface area contributed by atoms with Gasteiger partial charge >= 0.3 is 0 Å². The first kappa shape index (κ1) is 12.1. The van der Waals surface area contributed by atoms with Crippen LogP contribution in [0.4, 0.5) is 15.8 Å². The van der Waals surface area contributed by atoms with E-state index in [1.54, 1.807) is 0 Å². The number of halogens is 2. The van der Waals surface area contributed by atoms with Crippen molar-refractivity contribution in [3.8, 4) is 0 Å². The predicted octanol–water partition coefficient (Wildman–Crippen LogP) is 3.83. The van der Waals surface area contributed by atoms with Gasteiger partial charge in [-0.25, -0.2) is 4.39 Å². The van der Waals surface area contributed by atoms with Crippen molar-refractivity contribution >= 4 is 23.0 Å². The third-order valence-corrected chi connectivity index (χ3v) is 4.66. The summed E-state index contributed by atoms with van der Waals surface area (Å²) in [6, 6.07) is 3.57. The molecule has 1 saturated heterocycles. The number of hydrogen-bond donors (Lipinski definition) is 1. The van der Waals surface area contributed by atoms with Crippen LogP contribution in [0.1, 0.15) is 32.1 Å². The van der Waals surface area contributed by atoms with Crippen LogP contribution in [0.15, 0.2) is 12.1 Å². The van der Waals surface area contributed by atoms with Crippen molar-refractivity contribution in [3.05, 3.63) is 23.0 Å². The molecule has 18 heavy (non-hydrogen) atoms. The topological polar surface area (TPSA) is 29.3 Å². The third kappa shape index (κ3) is 1.95. The summed E-state index contributed by atoms with van der Waals surface area (Å²) in [4.78, 5) is 2.30. The van der Waals surface area contributed by atoms with Gasteiger partial charge in [0.2, 0.25) is 0 Å². The Bertz CT molecular complexity index is 463. The Morgan fingerprint density at radius 1 is 1.22 bits per heavy atom. The predicted molar refractivity (Wildman–Crippen MR) is 73.5 cm³/mol. The molecule has 1 aliphatic carbocycles. The smallest absolute Gasteiger partial charge is 0.144 e. The number of nitrogens with zero attached hydrogens (tertiary/aromatic N) is 1. The quantitative estimate of drug-likeness (QED) is 0.785. The fourth-order valence-corrected chi connectivity index (χ4v) is 3.73. The molecule has 1 saturated carbocycles. The molecule has 0 aromatic heterocycles. The second kappa shape index (κ2) is 4.61. The van der Waals surface area contributed by atoms with Gasteiger partial charge < -0.3 is 10.6 Å². The fraction of sp³-hybridized carbons (Fsp3) is 0.571. The summed E-state index contributed by atoms with van der Waals surface area (Å²) in [5.74, 6) is 0.387. The second-order valence-electron chi connectivity index (χ2n) is 5.42. The van der Waals surface area contributed by atoms with Crippen molar-refractivity contribution in [1.29, 1.82) is 0 Å². The van der Waals surface area contributed by atoms with Gasteiger partial charge in [-0.2, -0.15) is 0 Å². The largest absolute Gasteiger partial charge is 0.397 e. The number of anilines is 2. The first-order valence-electron chi connectivity index (χ1n) is 6.68. The van der Waals surface area contributed by atoms with Crippen LogP contribution < -0.4 is 10.6 Å². The van der Waals surface area contributed by atoms with E-state index in [-0.39, 0.29) is 10.8 Å². The van der Waals surface area contributed by atoms with Crippen molar-refractivity contribution in [2.75, 3.05) is 17.2 Å². The van der Waals surface area contributed by atoms with Crippen LogP contribution in [-0.2, 0) is 0 Å². The average molecular weight is 269 g/mol. The van der Waals surface area contributed by atoms with E-state index >= 15 is 0 Å². The van der Waals surface area contributed by atoms with Crippen LogP contribution in [0.3, 0.4) is 0 Å². The number of piperidine rings is 1. The molecule has 4 heteroatoms. The molecule has 98 valence electrons. The molecule has 1 aliphatic heterocycles. The van der Waals surface area contributed by atoms with Crippen molar-refractivity contribution < 1.29 is 4.39 Å². The molecule has 1 heterocycles. The summed E-state index contributed by atoms with van der Waals surface area (Å²) < 4.78 is 13.6. The normalized spacial score (nSPS) is 27.3. The molecular weight excluding hydrogens is 251 g/mol. The molecule has 1 aromatic rings. The molecule has 0 amide bonds. The molecule has 2 N–H and O–H groups in total. The van der Waals surface area contributed by atoms with E-state index in [9.17, 15) is 4.39 Å². The Morgan fingerprint density at radius 3 is 2.83 bits per heavy atom. The van der Waals surface area contributed by atoms with Gasteiger partial charge in [-0.3, -0.25) is 0 Å². The zero-order valence-electron chi connectivity index (χ0n) is 10.3. The average Bonchev–Trinajstić information content (AvgIpc) is 2.82. The summed E-state index contributed by atoms with van der Waals surface area (Å²) in [6.07, 6.45) is 6.26. The maximum Gasteiger partial charge on any atom is 0.144 e. The Labute approximate surface area is 112 Å². The lowest BCUT2D eigenvalue weighted by Crippen LogP contribution is -2.43. The van der Waals surface area contributed by atoms with Gasteiger partial charge in [0.15, 0.2) is 0 Å². The molecule has 0 spiro atoms. The van der Waals surface area contributed by atoms with Crippen LogP contribution in [0.25, 0.3) is 0 Å². The molecule has 2 fully saturated rings. The van der Waals surface area contributed by atoms with Gasteiger partial charge in [0, 0.05) is 18.7 Å². The maximum atomic E-state index is 13.6. The first-order chi connectivity index (χ1) is 8.66. The van der Waals surface area contributed by atoms with Gasteiger partial charge in [-0.15, -0.1) is 0 Å². The lowest BCUT2D eigenvalue weighted by molar-refractivity contribution is 0.362. The van der Waals surface area contributed by atoms with E-state index < -0.39 is 0 Å². The van der Waals surface area contributed by atoms with Gasteiger partial charge in [-0.05, 0) is 37.7 Å². The van der Waals surface area contributed by atoms with Crippen LogP contribution in [0, 0.1) is 11.7 Å². The lowest BCUT2D eigenvalue weighted by atomic mass is 9.91. The molecule has 3 rings (SSSR count). The van der Waals surface area contributed by atoms with E-state index in [2.05, 4.69) is 4.90 Å². The Kier molecular flexibility index (Phi) is 3.10. The zero-order valence-corrected chi connectivity index (χ0v) is 11.1. The summed E-state index contributed by atoms with van der Waals surface area (Å²) in [6.45, 7) is 0.979. The minimum Gasteiger partial charge on any atom is -0.397 e. The summed E-state index contributed by atoms with van der Waals surface area (Å²) in [5.41, 5.74) is 7.43. The monoisotopic (exact) mass is 268 g/mol. The van der Waals surface area contributed by atoms with Crippen molar-refractivity contribution in [2.24, 2.45) is 5.92 Å². The molecular formula is C14H18ClFN2. The van der Waals surface area contributed by atoms with E-state index in [1.165, 1.54) is 44.2 Å². The minimum atomic E-state index is -0.374.